The molecule has 2 nitrogen and oxygen atoms in total. The SMILES string of the molecule is CCCCCCCCCCCCCCCC[PH](CCCC)(CCCC)CCCC.N.O. The molecule has 0 saturated carbocycles. The van der Waals surface area contributed by atoms with E-state index in [1.807, 2.05) is 0 Å². The maximum atomic E-state index is 2.39. The van der Waals surface area contributed by atoms with E-state index in [1.54, 1.807) is 31.1 Å². The third-order valence-electron chi connectivity index (χ3n) is 7.24. The van der Waals surface area contributed by atoms with E-state index in [0.29, 0.717) is 0 Å². The van der Waals surface area contributed by atoms with Gasteiger partial charge in [0, 0.05) is 0 Å². The molecule has 0 fully saturated rings. The van der Waals surface area contributed by atoms with Gasteiger partial charge in [-0.25, -0.2) is 0 Å². The standard InChI is InChI=1S/C28H61P.H3N.H2O/c1-5-9-13-14-15-16-17-18-19-20-21-22-23-24-28-29(25-10-6-2,26-11-7-3)27-12-8-4;;/h29H,5-28H2,1-4H3;1H3;1H2. The van der Waals surface area contributed by atoms with Gasteiger partial charge < -0.3 is 11.6 Å². The minimum Gasteiger partial charge on any atom is -0.412 e. The Morgan fingerprint density at radius 3 is 0.839 bits per heavy atom. The van der Waals surface area contributed by atoms with Gasteiger partial charge in [0.25, 0.3) is 0 Å². The molecule has 0 aromatic rings. The number of unbranched alkanes of at least 4 members (excludes halogenated alkanes) is 16. The van der Waals surface area contributed by atoms with Crippen molar-refractivity contribution in [2.24, 2.45) is 0 Å². The van der Waals surface area contributed by atoms with Crippen molar-refractivity contribution in [3.05, 3.63) is 0 Å². The van der Waals surface area contributed by atoms with E-state index in [1.165, 1.54) is 122 Å². The fourth-order valence-corrected chi connectivity index (χ4v) is 10.9. The molecule has 0 spiro atoms. The van der Waals surface area contributed by atoms with Crippen LogP contribution in [0.4, 0.5) is 0 Å². The van der Waals surface area contributed by atoms with Crippen LogP contribution in [0.5, 0.6) is 0 Å². The summed E-state index contributed by atoms with van der Waals surface area (Å²) in [4.78, 5) is 0. The quantitative estimate of drug-likeness (QED) is 0.112. The first kappa shape index (κ1) is 35.9. The van der Waals surface area contributed by atoms with Gasteiger partial charge in [0.1, 0.15) is 0 Å². The molecule has 0 aliphatic rings. The summed E-state index contributed by atoms with van der Waals surface area (Å²) >= 11 is 0. The van der Waals surface area contributed by atoms with Crippen LogP contribution < -0.4 is 6.15 Å². The molecule has 0 aromatic heterocycles. The smallest absolute Gasteiger partial charge is 0.344 e. The minimum atomic E-state index is -0.961. The van der Waals surface area contributed by atoms with Crippen molar-refractivity contribution in [1.29, 1.82) is 0 Å². The Bertz CT molecular complexity index is 290. The number of hydrogen-bond donors (Lipinski definition) is 1. The molecular formula is C28H66NOP. The predicted octanol–water partition coefficient (Wildman–Crippen LogP) is 9.96. The first-order valence-corrected chi connectivity index (χ1v) is 17.1. The van der Waals surface area contributed by atoms with Crippen molar-refractivity contribution < 1.29 is 5.48 Å². The second-order valence-electron chi connectivity index (χ2n) is 10.2. The Labute approximate surface area is 199 Å². The molecule has 0 bridgehead atoms. The minimum absolute atomic E-state index is 0. The molecular weight excluding hydrogens is 397 g/mol. The van der Waals surface area contributed by atoms with Crippen LogP contribution in [0.2, 0.25) is 0 Å². The van der Waals surface area contributed by atoms with E-state index in [2.05, 4.69) is 27.7 Å². The fraction of sp³-hybridized carbons (Fsp3) is 1.00. The molecule has 5 N–H and O–H groups in total. The zero-order valence-corrected chi connectivity index (χ0v) is 23.7. The summed E-state index contributed by atoms with van der Waals surface area (Å²) in [7, 11) is -0.961. The van der Waals surface area contributed by atoms with E-state index in [4.69, 9.17) is 0 Å². The molecule has 0 aliphatic carbocycles. The van der Waals surface area contributed by atoms with Crippen LogP contribution in [0.3, 0.4) is 0 Å². The first-order chi connectivity index (χ1) is 14.2. The Kier molecular flexibility index (Phi) is 32.9. The zero-order valence-electron chi connectivity index (χ0n) is 22.7. The van der Waals surface area contributed by atoms with Gasteiger partial charge in [-0.15, -0.1) is 0 Å². The third-order valence-corrected chi connectivity index (χ3v) is 12.9. The van der Waals surface area contributed by atoms with Crippen molar-refractivity contribution >= 4 is 7.26 Å². The van der Waals surface area contributed by atoms with E-state index >= 15 is 0 Å². The second kappa shape index (κ2) is 28.4. The summed E-state index contributed by atoms with van der Waals surface area (Å²) in [5.41, 5.74) is 0. The molecule has 0 unspecified atom stereocenters. The number of hydrogen-bond acceptors (Lipinski definition) is 1. The molecule has 0 heterocycles. The third kappa shape index (κ3) is 23.3. The van der Waals surface area contributed by atoms with Crippen LogP contribution in [0.15, 0.2) is 0 Å². The largest absolute Gasteiger partial charge is 0.412 e. The van der Waals surface area contributed by atoms with E-state index in [0.717, 1.165) is 0 Å². The monoisotopic (exact) mass is 463 g/mol. The van der Waals surface area contributed by atoms with Gasteiger partial charge in [0.15, 0.2) is 0 Å². The Morgan fingerprint density at radius 2 is 0.548 bits per heavy atom. The van der Waals surface area contributed by atoms with Crippen LogP contribution in [0.1, 0.15) is 156 Å². The summed E-state index contributed by atoms with van der Waals surface area (Å²) in [6.45, 7) is 9.49. The van der Waals surface area contributed by atoms with E-state index in [9.17, 15) is 0 Å². The van der Waals surface area contributed by atoms with Crippen LogP contribution >= 0.6 is 7.26 Å². The molecule has 0 amide bonds. The molecule has 0 saturated heterocycles. The van der Waals surface area contributed by atoms with Crippen molar-refractivity contribution in [1.82, 2.24) is 6.15 Å². The predicted molar refractivity (Wildman–Crippen MR) is 151 cm³/mol. The average Bonchev–Trinajstić information content (AvgIpc) is 2.74. The molecule has 194 valence electrons. The van der Waals surface area contributed by atoms with E-state index in [-0.39, 0.29) is 11.6 Å². The molecule has 0 aliphatic heterocycles. The summed E-state index contributed by atoms with van der Waals surface area (Å²) in [5, 5.41) is 0. The van der Waals surface area contributed by atoms with Crippen LogP contribution in [-0.4, -0.2) is 30.1 Å². The van der Waals surface area contributed by atoms with Gasteiger partial charge in [-0.3, -0.25) is 0 Å². The summed E-state index contributed by atoms with van der Waals surface area (Å²) < 4.78 is 0. The van der Waals surface area contributed by atoms with Crippen LogP contribution in [0, 0.1) is 0 Å². The maximum Gasteiger partial charge on any atom is -0.344 e. The normalized spacial score (nSPS) is 11.7. The summed E-state index contributed by atoms with van der Waals surface area (Å²) in [6, 6.07) is 0. The molecule has 0 aromatic carbocycles. The van der Waals surface area contributed by atoms with Gasteiger partial charge >= 0.3 is 162 Å². The molecule has 31 heavy (non-hydrogen) atoms. The first-order valence-electron chi connectivity index (χ1n) is 14.2. The molecule has 0 atom stereocenters. The summed E-state index contributed by atoms with van der Waals surface area (Å²) in [6.07, 6.45) is 36.2. The molecule has 0 radical (unpaired) electrons. The number of rotatable bonds is 24. The topological polar surface area (TPSA) is 66.5 Å². The molecule has 0 rings (SSSR count). The van der Waals surface area contributed by atoms with Gasteiger partial charge in [0.2, 0.25) is 0 Å². The fourth-order valence-electron chi connectivity index (χ4n) is 5.10. The van der Waals surface area contributed by atoms with Crippen molar-refractivity contribution in [3.63, 3.8) is 0 Å². The summed E-state index contributed by atoms with van der Waals surface area (Å²) in [5.74, 6) is 0. The van der Waals surface area contributed by atoms with Gasteiger partial charge in [0.05, 0.1) is 0 Å². The van der Waals surface area contributed by atoms with Gasteiger partial charge in [-0.05, 0) is 0 Å². The Hall–Kier alpha value is 0.350. The van der Waals surface area contributed by atoms with Crippen LogP contribution in [0.25, 0.3) is 0 Å². The second-order valence-corrected chi connectivity index (χ2v) is 15.2. The van der Waals surface area contributed by atoms with Crippen molar-refractivity contribution in [3.8, 4) is 0 Å². The van der Waals surface area contributed by atoms with Crippen molar-refractivity contribution in [2.75, 3.05) is 24.6 Å². The zero-order chi connectivity index (χ0) is 21.5. The van der Waals surface area contributed by atoms with Gasteiger partial charge in [-0.2, -0.15) is 0 Å². The average molecular weight is 464 g/mol. The maximum absolute atomic E-state index is 2.39. The van der Waals surface area contributed by atoms with Gasteiger partial charge in [-0.1, -0.05) is 26.2 Å². The molecule has 3 heteroatoms. The van der Waals surface area contributed by atoms with E-state index < -0.39 is 7.26 Å². The van der Waals surface area contributed by atoms with Crippen molar-refractivity contribution in [2.45, 2.75) is 156 Å². The van der Waals surface area contributed by atoms with Crippen LogP contribution in [-0.2, 0) is 0 Å². The Morgan fingerprint density at radius 1 is 0.323 bits per heavy atom. The Balaban J connectivity index is -0.00000392.